The fraction of sp³-hybridized carbons (Fsp3) is 0.625. The predicted molar refractivity (Wildman–Crippen MR) is 77.4 cm³/mol. The van der Waals surface area contributed by atoms with Crippen molar-refractivity contribution in [3.05, 3.63) is 23.3 Å². The molecule has 0 atom stereocenters. The molecule has 1 aromatic rings. The molecule has 4 nitrogen and oxygen atoms in total. The molecule has 1 aromatic carbocycles. The first kappa shape index (κ1) is 13.7. The Bertz CT molecular complexity index is 455. The number of hydrogen-bond donors (Lipinski definition) is 1. The van der Waals surface area contributed by atoms with E-state index in [1.807, 2.05) is 6.07 Å². The van der Waals surface area contributed by atoms with E-state index in [9.17, 15) is 0 Å². The van der Waals surface area contributed by atoms with Gasteiger partial charge < -0.3 is 19.5 Å². The van der Waals surface area contributed by atoms with Gasteiger partial charge in [0.15, 0.2) is 11.5 Å². The number of piperidine rings is 1. The van der Waals surface area contributed by atoms with Crippen LogP contribution in [0.1, 0.15) is 24.0 Å². The number of rotatable bonds is 4. The molecule has 0 bridgehead atoms. The minimum atomic E-state index is 0.590. The predicted octanol–water partition coefficient (Wildman–Crippen LogP) is 2.15. The molecule has 110 valence electrons. The van der Waals surface area contributed by atoms with Crippen molar-refractivity contribution >= 4 is 0 Å². The maximum Gasteiger partial charge on any atom is 0.167 e. The van der Waals surface area contributed by atoms with E-state index in [1.165, 1.54) is 24.0 Å². The average Bonchev–Trinajstić information content (AvgIpc) is 2.51. The third-order valence-electron chi connectivity index (χ3n) is 4.16. The van der Waals surface area contributed by atoms with E-state index in [0.717, 1.165) is 36.9 Å². The number of fused-ring (bicyclic) bond motifs is 1. The van der Waals surface area contributed by atoms with Crippen LogP contribution in [0.15, 0.2) is 12.1 Å². The standard InChI is InChI=1S/C16H23NO3/c1-18-11-14-13(10-12-4-6-17-7-5-12)2-3-15-16(14)20-9-8-19-15/h2-3,12,17H,4-11H2,1H3. The lowest BCUT2D eigenvalue weighted by molar-refractivity contribution is 0.152. The number of nitrogens with one attached hydrogen (secondary N) is 1. The number of hydrogen-bond acceptors (Lipinski definition) is 4. The van der Waals surface area contributed by atoms with E-state index < -0.39 is 0 Å². The van der Waals surface area contributed by atoms with Gasteiger partial charge in [0.1, 0.15) is 13.2 Å². The molecule has 3 rings (SSSR count). The summed E-state index contributed by atoms with van der Waals surface area (Å²) in [6.07, 6.45) is 3.61. The normalized spacial score (nSPS) is 19.1. The summed E-state index contributed by atoms with van der Waals surface area (Å²) < 4.78 is 16.9. The summed E-state index contributed by atoms with van der Waals surface area (Å²) in [5.41, 5.74) is 2.52. The molecule has 1 fully saturated rings. The number of methoxy groups -OCH3 is 1. The Balaban J connectivity index is 1.84. The molecule has 0 aromatic heterocycles. The maximum absolute atomic E-state index is 5.82. The Morgan fingerprint density at radius 3 is 2.80 bits per heavy atom. The molecular weight excluding hydrogens is 254 g/mol. The smallest absolute Gasteiger partial charge is 0.167 e. The Morgan fingerprint density at radius 1 is 1.20 bits per heavy atom. The molecule has 20 heavy (non-hydrogen) atoms. The molecule has 1 N–H and O–H groups in total. The van der Waals surface area contributed by atoms with Crippen LogP contribution in [0, 0.1) is 5.92 Å². The average molecular weight is 277 g/mol. The highest BCUT2D eigenvalue weighted by molar-refractivity contribution is 5.51. The highest BCUT2D eigenvalue weighted by Crippen LogP contribution is 2.37. The number of ether oxygens (including phenoxy) is 3. The molecule has 0 spiro atoms. The minimum absolute atomic E-state index is 0.590. The van der Waals surface area contributed by atoms with Gasteiger partial charge in [0, 0.05) is 12.7 Å². The summed E-state index contributed by atoms with van der Waals surface area (Å²) in [5, 5.41) is 3.42. The topological polar surface area (TPSA) is 39.7 Å². The van der Waals surface area contributed by atoms with Gasteiger partial charge in [-0.1, -0.05) is 6.07 Å². The molecule has 0 radical (unpaired) electrons. The quantitative estimate of drug-likeness (QED) is 0.915. The second-order valence-electron chi connectivity index (χ2n) is 5.56. The Morgan fingerprint density at radius 2 is 2.00 bits per heavy atom. The highest BCUT2D eigenvalue weighted by Gasteiger charge is 2.22. The maximum atomic E-state index is 5.82. The molecular formula is C16H23NO3. The van der Waals surface area contributed by atoms with E-state index in [4.69, 9.17) is 14.2 Å². The van der Waals surface area contributed by atoms with Crippen molar-refractivity contribution in [2.75, 3.05) is 33.4 Å². The van der Waals surface area contributed by atoms with Crippen molar-refractivity contribution < 1.29 is 14.2 Å². The minimum Gasteiger partial charge on any atom is -0.486 e. The largest absolute Gasteiger partial charge is 0.486 e. The first-order chi connectivity index (χ1) is 9.88. The van der Waals surface area contributed by atoms with Crippen molar-refractivity contribution in [3.63, 3.8) is 0 Å². The lowest BCUT2D eigenvalue weighted by Gasteiger charge is -2.26. The molecule has 1 saturated heterocycles. The molecule has 0 aliphatic carbocycles. The summed E-state index contributed by atoms with van der Waals surface area (Å²) in [6.45, 7) is 4.12. The van der Waals surface area contributed by atoms with E-state index >= 15 is 0 Å². The van der Waals surface area contributed by atoms with Crippen molar-refractivity contribution in [3.8, 4) is 11.5 Å². The van der Waals surface area contributed by atoms with Crippen LogP contribution in [-0.4, -0.2) is 33.4 Å². The lowest BCUT2D eigenvalue weighted by atomic mass is 9.88. The van der Waals surface area contributed by atoms with Crippen molar-refractivity contribution in [1.29, 1.82) is 0 Å². The summed E-state index contributed by atoms with van der Waals surface area (Å²) in [4.78, 5) is 0. The molecule has 0 saturated carbocycles. The Labute approximate surface area is 120 Å². The van der Waals surface area contributed by atoms with Gasteiger partial charge in [-0.2, -0.15) is 0 Å². The van der Waals surface area contributed by atoms with Crippen LogP contribution < -0.4 is 14.8 Å². The van der Waals surface area contributed by atoms with Gasteiger partial charge in [-0.05, 0) is 49.9 Å². The van der Waals surface area contributed by atoms with Crippen LogP contribution in [0.4, 0.5) is 0 Å². The zero-order chi connectivity index (χ0) is 13.8. The van der Waals surface area contributed by atoms with Gasteiger partial charge in [-0.3, -0.25) is 0 Å². The third-order valence-corrected chi connectivity index (χ3v) is 4.16. The fourth-order valence-corrected chi connectivity index (χ4v) is 3.11. The van der Waals surface area contributed by atoms with Gasteiger partial charge in [-0.25, -0.2) is 0 Å². The summed E-state index contributed by atoms with van der Waals surface area (Å²) >= 11 is 0. The van der Waals surface area contributed by atoms with Crippen LogP contribution in [-0.2, 0) is 17.8 Å². The molecule has 2 aliphatic heterocycles. The third kappa shape index (κ3) is 2.91. The molecule has 2 heterocycles. The van der Waals surface area contributed by atoms with Gasteiger partial charge >= 0.3 is 0 Å². The molecule has 4 heteroatoms. The van der Waals surface area contributed by atoms with E-state index in [1.54, 1.807) is 7.11 Å². The van der Waals surface area contributed by atoms with E-state index in [2.05, 4.69) is 11.4 Å². The first-order valence-corrected chi connectivity index (χ1v) is 7.48. The van der Waals surface area contributed by atoms with Gasteiger partial charge in [0.2, 0.25) is 0 Å². The summed E-state index contributed by atoms with van der Waals surface area (Å²) in [7, 11) is 1.73. The second kappa shape index (κ2) is 6.46. The SMILES string of the molecule is COCc1c(CC2CCNCC2)ccc2c1OCCO2. The second-order valence-corrected chi connectivity index (χ2v) is 5.56. The molecule has 2 aliphatic rings. The van der Waals surface area contributed by atoms with Crippen molar-refractivity contribution in [1.82, 2.24) is 5.32 Å². The van der Waals surface area contributed by atoms with Crippen LogP contribution in [0.2, 0.25) is 0 Å². The van der Waals surface area contributed by atoms with Crippen LogP contribution >= 0.6 is 0 Å². The van der Waals surface area contributed by atoms with Gasteiger partial charge in [0.25, 0.3) is 0 Å². The summed E-state index contributed by atoms with van der Waals surface area (Å²) in [5.74, 6) is 2.51. The zero-order valence-electron chi connectivity index (χ0n) is 12.1. The van der Waals surface area contributed by atoms with Gasteiger partial charge in [0.05, 0.1) is 6.61 Å². The van der Waals surface area contributed by atoms with Crippen molar-refractivity contribution in [2.45, 2.75) is 25.9 Å². The van der Waals surface area contributed by atoms with Crippen molar-refractivity contribution in [2.24, 2.45) is 5.92 Å². The van der Waals surface area contributed by atoms with Crippen LogP contribution in [0.3, 0.4) is 0 Å². The van der Waals surface area contributed by atoms with E-state index in [0.29, 0.717) is 19.8 Å². The molecule has 0 unspecified atom stereocenters. The fourth-order valence-electron chi connectivity index (χ4n) is 3.11. The number of benzene rings is 1. The van der Waals surface area contributed by atoms with Gasteiger partial charge in [-0.15, -0.1) is 0 Å². The molecule has 0 amide bonds. The monoisotopic (exact) mass is 277 g/mol. The highest BCUT2D eigenvalue weighted by atomic mass is 16.6. The van der Waals surface area contributed by atoms with Crippen LogP contribution in [0.25, 0.3) is 0 Å². The first-order valence-electron chi connectivity index (χ1n) is 7.48. The summed E-state index contributed by atoms with van der Waals surface area (Å²) in [6, 6.07) is 4.23. The van der Waals surface area contributed by atoms with Crippen LogP contribution in [0.5, 0.6) is 11.5 Å². The van der Waals surface area contributed by atoms with E-state index in [-0.39, 0.29) is 0 Å². The zero-order valence-corrected chi connectivity index (χ0v) is 12.1. The lowest BCUT2D eigenvalue weighted by Crippen LogP contribution is -2.29. The Kier molecular flexibility index (Phi) is 4.43. The Hall–Kier alpha value is -1.26.